The molecule has 1 unspecified atom stereocenters. The number of benzene rings is 2. The molecule has 0 radical (unpaired) electrons. The lowest BCUT2D eigenvalue weighted by Crippen LogP contribution is -2.29. The number of nitrogens with zero attached hydrogens (tertiary/aromatic N) is 2. The van der Waals surface area contributed by atoms with Crippen LogP contribution in [0.1, 0.15) is 56.1 Å². The summed E-state index contributed by atoms with van der Waals surface area (Å²) in [4.78, 5) is 32.6. The molecule has 1 aromatic heterocycles. The number of Topliss-reactive ketones (excluding diaryl/α,β-unsaturated/α-hetero) is 1. The van der Waals surface area contributed by atoms with Crippen molar-refractivity contribution in [2.24, 2.45) is 0 Å². The summed E-state index contributed by atoms with van der Waals surface area (Å²) in [6.45, 7) is 8.72. The van der Waals surface area contributed by atoms with Crippen molar-refractivity contribution in [1.82, 2.24) is 9.88 Å². The monoisotopic (exact) mass is 500 g/mol. The lowest BCUT2D eigenvalue weighted by Gasteiger charge is -2.25. The number of aromatic nitrogens is 1. The van der Waals surface area contributed by atoms with E-state index < -0.39 is 17.7 Å². The summed E-state index contributed by atoms with van der Waals surface area (Å²) >= 11 is 0. The van der Waals surface area contributed by atoms with Crippen molar-refractivity contribution >= 4 is 17.4 Å². The normalized spacial score (nSPS) is 17.2. The Bertz CT molecular complexity index is 1340. The molecule has 1 aliphatic rings. The van der Waals surface area contributed by atoms with Crippen molar-refractivity contribution < 1.29 is 24.2 Å². The molecule has 7 heteroatoms. The highest BCUT2D eigenvalue weighted by molar-refractivity contribution is 6.46. The molecule has 37 heavy (non-hydrogen) atoms. The minimum Gasteiger partial charge on any atom is -0.507 e. The molecule has 2 heterocycles. The molecule has 4 rings (SSSR count). The quantitative estimate of drug-likeness (QED) is 0.265. The van der Waals surface area contributed by atoms with Crippen LogP contribution in [-0.4, -0.2) is 40.4 Å². The summed E-state index contributed by atoms with van der Waals surface area (Å²) in [7, 11) is 1.57. The summed E-state index contributed by atoms with van der Waals surface area (Å²) in [6.07, 6.45) is 1.61. The van der Waals surface area contributed by atoms with Gasteiger partial charge in [0.15, 0.2) is 0 Å². The minimum atomic E-state index is -0.850. The van der Waals surface area contributed by atoms with Gasteiger partial charge in [-0.1, -0.05) is 39.0 Å². The molecule has 0 spiro atoms. The molecule has 7 nitrogen and oxygen atoms in total. The molecule has 1 atom stereocenters. The Hall–Kier alpha value is -4.13. The van der Waals surface area contributed by atoms with Crippen LogP contribution in [0.25, 0.3) is 5.76 Å². The Labute approximate surface area is 217 Å². The summed E-state index contributed by atoms with van der Waals surface area (Å²) < 4.78 is 11.1. The van der Waals surface area contributed by atoms with Crippen LogP contribution in [0.3, 0.4) is 0 Å². The molecule has 1 fully saturated rings. The molecule has 0 aliphatic carbocycles. The van der Waals surface area contributed by atoms with Crippen LogP contribution in [0.2, 0.25) is 0 Å². The summed E-state index contributed by atoms with van der Waals surface area (Å²) in [5, 5.41) is 11.5. The first-order valence-electron chi connectivity index (χ1n) is 12.3. The van der Waals surface area contributed by atoms with E-state index in [2.05, 4.69) is 25.8 Å². The molecule has 2 aromatic carbocycles. The molecule has 1 N–H and O–H groups in total. The summed E-state index contributed by atoms with van der Waals surface area (Å²) in [6, 6.07) is 17.1. The molecular formula is C30H32N2O5. The first kappa shape index (κ1) is 25.9. The van der Waals surface area contributed by atoms with Gasteiger partial charge >= 0.3 is 0 Å². The van der Waals surface area contributed by atoms with Crippen LogP contribution in [0, 0.1) is 0 Å². The molecule has 0 bridgehead atoms. The van der Waals surface area contributed by atoms with Crippen molar-refractivity contribution in [2.75, 3.05) is 13.7 Å². The second kappa shape index (κ2) is 10.5. The highest BCUT2D eigenvalue weighted by Gasteiger charge is 2.46. The number of pyridine rings is 1. The number of methoxy groups -OCH3 is 1. The lowest BCUT2D eigenvalue weighted by molar-refractivity contribution is -0.140. The van der Waals surface area contributed by atoms with E-state index in [-0.39, 0.29) is 23.3 Å². The van der Waals surface area contributed by atoms with Crippen molar-refractivity contribution in [2.45, 2.75) is 45.7 Å². The SMILES string of the molecule is CCOc1ccc(/C(O)=C2/C(=O)C(=O)N(Cc3cccc(OC)c3)C2c2ccccn2)cc1C(C)(C)C. The van der Waals surface area contributed by atoms with Crippen LogP contribution in [0.4, 0.5) is 0 Å². The van der Waals surface area contributed by atoms with Gasteiger partial charge in [-0.2, -0.15) is 0 Å². The number of carbonyl (C=O) groups excluding carboxylic acids is 2. The Morgan fingerprint density at radius 3 is 2.49 bits per heavy atom. The largest absolute Gasteiger partial charge is 0.507 e. The average molecular weight is 501 g/mol. The topological polar surface area (TPSA) is 89.0 Å². The summed E-state index contributed by atoms with van der Waals surface area (Å²) in [5.74, 6) is -0.321. The number of carbonyl (C=O) groups is 2. The fourth-order valence-corrected chi connectivity index (χ4v) is 4.56. The Morgan fingerprint density at radius 1 is 1.05 bits per heavy atom. The van der Waals surface area contributed by atoms with Gasteiger partial charge in [-0.25, -0.2) is 0 Å². The zero-order chi connectivity index (χ0) is 26.7. The molecule has 1 saturated heterocycles. The van der Waals surface area contributed by atoms with Gasteiger partial charge in [0.2, 0.25) is 0 Å². The molecule has 1 amide bonds. The second-order valence-corrected chi connectivity index (χ2v) is 9.93. The second-order valence-electron chi connectivity index (χ2n) is 9.93. The van der Waals surface area contributed by atoms with Crippen LogP contribution >= 0.6 is 0 Å². The highest BCUT2D eigenvalue weighted by Crippen LogP contribution is 2.41. The van der Waals surface area contributed by atoms with Crippen LogP contribution < -0.4 is 9.47 Å². The van der Waals surface area contributed by atoms with Crippen molar-refractivity contribution in [3.63, 3.8) is 0 Å². The Morgan fingerprint density at radius 2 is 1.84 bits per heavy atom. The predicted molar refractivity (Wildman–Crippen MR) is 141 cm³/mol. The van der Waals surface area contributed by atoms with Gasteiger partial charge < -0.3 is 19.5 Å². The van der Waals surface area contributed by atoms with Gasteiger partial charge in [-0.3, -0.25) is 14.6 Å². The van der Waals surface area contributed by atoms with Gasteiger partial charge in [0.1, 0.15) is 23.3 Å². The third-order valence-corrected chi connectivity index (χ3v) is 6.36. The van der Waals surface area contributed by atoms with E-state index in [1.54, 1.807) is 43.6 Å². The van der Waals surface area contributed by atoms with Crippen molar-refractivity contribution in [3.8, 4) is 11.5 Å². The number of aliphatic hydroxyl groups excluding tert-OH is 1. The fraction of sp³-hybridized carbons (Fsp3) is 0.300. The van der Waals surface area contributed by atoms with Crippen LogP contribution in [-0.2, 0) is 21.5 Å². The maximum Gasteiger partial charge on any atom is 0.296 e. The average Bonchev–Trinajstić information content (AvgIpc) is 3.13. The number of aliphatic hydroxyl groups is 1. The van der Waals surface area contributed by atoms with E-state index in [1.165, 1.54) is 4.90 Å². The van der Waals surface area contributed by atoms with E-state index in [0.717, 1.165) is 11.1 Å². The number of ether oxygens (including phenoxy) is 2. The number of hydrogen-bond acceptors (Lipinski definition) is 6. The molecule has 192 valence electrons. The van der Waals surface area contributed by atoms with Gasteiger partial charge in [0, 0.05) is 23.9 Å². The van der Waals surface area contributed by atoms with Crippen molar-refractivity contribution in [1.29, 1.82) is 0 Å². The summed E-state index contributed by atoms with van der Waals surface area (Å²) in [5.41, 5.74) is 2.34. The Kier molecular flexibility index (Phi) is 7.34. The maximum absolute atomic E-state index is 13.4. The molecule has 1 aliphatic heterocycles. The molecule has 0 saturated carbocycles. The standard InChI is InChI=1S/C30H32N2O5/c1-6-37-24-14-13-20(17-22(24)30(2,3)4)27(33)25-26(23-12-7-8-15-31-23)32(29(35)28(25)34)18-19-10-9-11-21(16-19)36-5/h7-17,26,33H,6,18H2,1-5H3/b27-25-. The van der Waals surface area contributed by atoms with Crippen LogP contribution in [0.5, 0.6) is 11.5 Å². The number of ketones is 1. The molecular weight excluding hydrogens is 468 g/mol. The zero-order valence-corrected chi connectivity index (χ0v) is 21.8. The first-order valence-corrected chi connectivity index (χ1v) is 12.3. The van der Waals surface area contributed by atoms with Gasteiger partial charge in [-0.05, 0) is 60.4 Å². The van der Waals surface area contributed by atoms with Gasteiger partial charge in [-0.15, -0.1) is 0 Å². The van der Waals surface area contributed by atoms with E-state index in [1.807, 2.05) is 37.3 Å². The van der Waals surface area contributed by atoms with Gasteiger partial charge in [0.05, 0.1) is 25.0 Å². The van der Waals surface area contributed by atoms with E-state index >= 15 is 0 Å². The smallest absolute Gasteiger partial charge is 0.296 e. The van der Waals surface area contributed by atoms with Crippen molar-refractivity contribution in [3.05, 3.63) is 94.8 Å². The van der Waals surface area contributed by atoms with Gasteiger partial charge in [0.25, 0.3) is 11.7 Å². The number of rotatable bonds is 7. The van der Waals surface area contributed by atoms with E-state index in [4.69, 9.17) is 9.47 Å². The first-order chi connectivity index (χ1) is 17.7. The van der Waals surface area contributed by atoms with Crippen LogP contribution in [0.15, 0.2) is 72.4 Å². The number of likely N-dealkylation sites (tertiary alicyclic amines) is 1. The predicted octanol–water partition coefficient (Wildman–Crippen LogP) is 5.41. The van der Waals surface area contributed by atoms with E-state index in [9.17, 15) is 14.7 Å². The third-order valence-electron chi connectivity index (χ3n) is 6.36. The number of amides is 1. The van der Waals surface area contributed by atoms with E-state index in [0.29, 0.717) is 29.4 Å². The highest BCUT2D eigenvalue weighted by atomic mass is 16.5. The lowest BCUT2D eigenvalue weighted by atomic mass is 9.84. The fourth-order valence-electron chi connectivity index (χ4n) is 4.56. The Balaban J connectivity index is 1.86. The minimum absolute atomic E-state index is 0.00983. The molecule has 3 aromatic rings. The maximum atomic E-state index is 13.4. The number of hydrogen-bond donors (Lipinski definition) is 1. The zero-order valence-electron chi connectivity index (χ0n) is 21.8. The third kappa shape index (κ3) is 5.21.